The van der Waals surface area contributed by atoms with Crippen LogP contribution in [0.2, 0.25) is 0 Å². The van der Waals surface area contributed by atoms with Gasteiger partial charge >= 0.3 is 6.61 Å². The lowest BCUT2D eigenvalue weighted by atomic mass is 9.81. The van der Waals surface area contributed by atoms with Gasteiger partial charge in [-0.25, -0.2) is 4.39 Å². The molecule has 4 rings (SSSR count). The zero-order valence-corrected chi connectivity index (χ0v) is 17.3. The molecular formula is C25H26F3NO2. The first kappa shape index (κ1) is 21.5. The van der Waals surface area contributed by atoms with Crippen molar-refractivity contribution < 1.29 is 23.0 Å². The van der Waals surface area contributed by atoms with Crippen LogP contribution in [0.4, 0.5) is 18.9 Å². The van der Waals surface area contributed by atoms with Gasteiger partial charge in [-0.1, -0.05) is 30.3 Å². The molecule has 2 aromatic rings. The van der Waals surface area contributed by atoms with Gasteiger partial charge in [0.15, 0.2) is 0 Å². The maximum absolute atomic E-state index is 13.8. The number of aliphatic hydroxyl groups excluding tert-OH is 1. The topological polar surface area (TPSA) is 32.7 Å². The van der Waals surface area contributed by atoms with E-state index in [0.717, 1.165) is 41.6 Å². The van der Waals surface area contributed by atoms with Crippen molar-refractivity contribution in [1.82, 2.24) is 0 Å². The summed E-state index contributed by atoms with van der Waals surface area (Å²) < 4.78 is 43.9. The monoisotopic (exact) mass is 429 g/mol. The van der Waals surface area contributed by atoms with Crippen molar-refractivity contribution in [3.63, 3.8) is 0 Å². The summed E-state index contributed by atoms with van der Waals surface area (Å²) in [6.45, 7) is -0.697. The molecule has 3 nitrogen and oxygen atoms in total. The van der Waals surface area contributed by atoms with E-state index in [4.69, 9.17) is 0 Å². The van der Waals surface area contributed by atoms with Crippen molar-refractivity contribution in [2.45, 2.75) is 44.9 Å². The van der Waals surface area contributed by atoms with Crippen LogP contribution < -0.4 is 4.90 Å². The van der Waals surface area contributed by atoms with Crippen LogP contribution in [0.15, 0.2) is 66.5 Å². The van der Waals surface area contributed by atoms with E-state index in [0.29, 0.717) is 6.54 Å². The van der Waals surface area contributed by atoms with Gasteiger partial charge < -0.3 is 14.7 Å². The van der Waals surface area contributed by atoms with Crippen LogP contribution >= 0.6 is 0 Å². The number of hydrogen-bond donors (Lipinski definition) is 1. The molecule has 6 heteroatoms. The molecule has 1 aliphatic heterocycles. The largest absolute Gasteiger partial charge is 0.435 e. The van der Waals surface area contributed by atoms with E-state index in [-0.39, 0.29) is 23.5 Å². The molecule has 0 saturated heterocycles. The lowest BCUT2D eigenvalue weighted by molar-refractivity contribution is -0.0928. The molecule has 0 spiro atoms. The Morgan fingerprint density at radius 3 is 2.74 bits per heavy atom. The summed E-state index contributed by atoms with van der Waals surface area (Å²) >= 11 is 0. The minimum absolute atomic E-state index is 0.0107. The summed E-state index contributed by atoms with van der Waals surface area (Å²) in [4.78, 5) is 2.17. The average Bonchev–Trinajstić information content (AvgIpc) is 2.73. The van der Waals surface area contributed by atoms with Gasteiger partial charge in [-0.3, -0.25) is 0 Å². The Bertz CT molecular complexity index is 986. The third kappa shape index (κ3) is 4.79. The second kappa shape index (κ2) is 9.18. The van der Waals surface area contributed by atoms with Gasteiger partial charge in [-0.2, -0.15) is 8.78 Å². The predicted molar refractivity (Wildman–Crippen MR) is 115 cm³/mol. The minimum Gasteiger partial charge on any atom is -0.435 e. The number of alkyl halides is 2. The Balaban J connectivity index is 1.70. The molecule has 1 aliphatic carbocycles. The van der Waals surface area contributed by atoms with Crippen LogP contribution in [0.3, 0.4) is 0 Å². The molecule has 31 heavy (non-hydrogen) atoms. The van der Waals surface area contributed by atoms with Crippen molar-refractivity contribution in [2.75, 3.05) is 11.4 Å². The number of aliphatic hydroxyl groups is 1. The van der Waals surface area contributed by atoms with Crippen molar-refractivity contribution in [2.24, 2.45) is 5.92 Å². The fourth-order valence-electron chi connectivity index (χ4n) is 4.75. The fraction of sp³-hybridized carbons (Fsp3) is 0.360. The third-order valence-corrected chi connectivity index (χ3v) is 5.94. The third-order valence-electron chi connectivity index (χ3n) is 5.94. The smallest absolute Gasteiger partial charge is 0.387 e. The van der Waals surface area contributed by atoms with Crippen molar-refractivity contribution in [1.29, 1.82) is 0 Å². The number of fused-ring (bicyclic) bond motifs is 1. The molecule has 2 aromatic carbocycles. The van der Waals surface area contributed by atoms with Gasteiger partial charge in [0.2, 0.25) is 0 Å². The molecule has 0 saturated carbocycles. The van der Waals surface area contributed by atoms with Gasteiger partial charge in [-0.05, 0) is 73.2 Å². The minimum atomic E-state index is -2.86. The summed E-state index contributed by atoms with van der Waals surface area (Å²) in [7, 11) is 0. The number of benzene rings is 2. The van der Waals surface area contributed by atoms with Crippen LogP contribution in [0.25, 0.3) is 11.1 Å². The molecule has 0 aromatic heterocycles. The molecule has 1 N–H and O–H groups in total. The van der Waals surface area contributed by atoms with E-state index in [1.807, 2.05) is 30.3 Å². The Morgan fingerprint density at radius 1 is 1.19 bits per heavy atom. The molecule has 0 amide bonds. The first-order chi connectivity index (χ1) is 14.9. The summed E-state index contributed by atoms with van der Waals surface area (Å²) in [5.41, 5.74) is 3.91. The second-order valence-corrected chi connectivity index (χ2v) is 8.17. The fourth-order valence-corrected chi connectivity index (χ4v) is 4.75. The number of ether oxygens (including phenoxy) is 1. The summed E-state index contributed by atoms with van der Waals surface area (Å²) in [6.07, 6.45) is 6.95. The lowest BCUT2D eigenvalue weighted by Crippen LogP contribution is -2.47. The van der Waals surface area contributed by atoms with Crippen LogP contribution in [-0.4, -0.2) is 30.4 Å². The highest BCUT2D eigenvalue weighted by atomic mass is 19.3. The lowest BCUT2D eigenvalue weighted by Gasteiger charge is -2.44. The maximum atomic E-state index is 13.8. The van der Waals surface area contributed by atoms with Crippen molar-refractivity contribution >= 4 is 5.69 Å². The Labute approximate surface area is 180 Å². The van der Waals surface area contributed by atoms with E-state index in [9.17, 15) is 18.3 Å². The van der Waals surface area contributed by atoms with E-state index in [2.05, 4.69) is 9.64 Å². The number of β-amino-alcohol motifs (C(OH)–C–C–N with tert-alkyl or cyclic N) is 1. The normalized spacial score (nSPS) is 21.6. The Kier molecular flexibility index (Phi) is 6.37. The number of rotatable bonds is 6. The highest BCUT2D eigenvalue weighted by Crippen LogP contribution is 2.41. The van der Waals surface area contributed by atoms with E-state index < -0.39 is 12.7 Å². The zero-order chi connectivity index (χ0) is 22.0. The van der Waals surface area contributed by atoms with E-state index in [1.54, 1.807) is 25.1 Å². The van der Waals surface area contributed by atoms with Gasteiger partial charge in [0.25, 0.3) is 0 Å². The molecule has 164 valence electrons. The van der Waals surface area contributed by atoms with Crippen molar-refractivity contribution in [3.05, 3.63) is 77.8 Å². The van der Waals surface area contributed by atoms with Gasteiger partial charge in [0.1, 0.15) is 11.6 Å². The quantitative estimate of drug-likeness (QED) is 0.640. The summed E-state index contributed by atoms with van der Waals surface area (Å²) in [5.74, 6) is -0.110. The molecule has 0 radical (unpaired) electrons. The Hall–Kier alpha value is -2.73. The van der Waals surface area contributed by atoms with Crippen LogP contribution in [0.1, 0.15) is 25.3 Å². The van der Waals surface area contributed by atoms with E-state index in [1.165, 1.54) is 12.1 Å². The number of hydrogen-bond acceptors (Lipinski definition) is 3. The van der Waals surface area contributed by atoms with Crippen LogP contribution in [-0.2, 0) is 11.2 Å². The predicted octanol–water partition coefficient (Wildman–Crippen LogP) is 5.69. The molecule has 0 bridgehead atoms. The second-order valence-electron chi connectivity index (χ2n) is 8.17. The first-order valence-corrected chi connectivity index (χ1v) is 10.6. The molecule has 0 fully saturated rings. The number of nitrogens with zero attached hydrogens (tertiary/aromatic N) is 1. The first-order valence-electron chi connectivity index (χ1n) is 10.6. The van der Waals surface area contributed by atoms with Crippen LogP contribution in [0, 0.1) is 11.7 Å². The van der Waals surface area contributed by atoms with Crippen LogP contribution in [0.5, 0.6) is 0 Å². The van der Waals surface area contributed by atoms with Gasteiger partial charge in [0, 0.05) is 24.2 Å². The molecule has 1 unspecified atom stereocenters. The zero-order valence-electron chi connectivity index (χ0n) is 17.3. The molecular weight excluding hydrogens is 403 g/mol. The van der Waals surface area contributed by atoms with Gasteiger partial charge in [-0.15, -0.1) is 0 Å². The number of anilines is 1. The Morgan fingerprint density at radius 2 is 2.00 bits per heavy atom. The summed E-state index contributed by atoms with van der Waals surface area (Å²) in [5, 5.41) is 10.2. The SMILES string of the molecule is C[C@@H](O)CN1c2cccc(-c3cccc(F)c3)c2CC[C@@H]1C1C=C(OC(F)F)C=CC1. The number of allylic oxidation sites excluding steroid dienone is 2. The number of halogens is 3. The van der Waals surface area contributed by atoms with Gasteiger partial charge in [0.05, 0.1) is 6.10 Å². The summed E-state index contributed by atoms with van der Waals surface area (Å²) in [6, 6.07) is 12.5. The van der Waals surface area contributed by atoms with Crippen molar-refractivity contribution in [3.8, 4) is 11.1 Å². The molecule has 3 atom stereocenters. The standard InChI is InChI=1S/C25H26F3NO2/c1-16(30)15-29-23(18-6-3-8-20(14-18)31-25(27)28)12-11-22-21(9-4-10-24(22)29)17-5-2-7-19(26)13-17/h2-5,7-10,13-14,16,18,23,25,30H,6,11-12,15H2,1H3/t16-,18?,23-/m1/s1. The molecule has 2 aliphatic rings. The molecule has 1 heterocycles. The van der Waals surface area contributed by atoms with E-state index >= 15 is 0 Å². The highest BCUT2D eigenvalue weighted by Gasteiger charge is 2.34. The highest BCUT2D eigenvalue weighted by molar-refractivity contribution is 5.75. The average molecular weight is 429 g/mol. The maximum Gasteiger partial charge on any atom is 0.387 e.